The molecule has 3 aliphatic rings. The maximum Gasteiger partial charge on any atom is 0.294 e. The first-order chi connectivity index (χ1) is 9.08. The Hall–Kier alpha value is -1.46. The van der Waals surface area contributed by atoms with Crippen LogP contribution in [0.15, 0.2) is 0 Å². The highest BCUT2D eigenvalue weighted by molar-refractivity contribution is 6.04. The number of ketones is 2. The summed E-state index contributed by atoms with van der Waals surface area (Å²) in [6.07, 6.45) is 3.62. The Balaban J connectivity index is 1.80. The molecule has 104 valence electrons. The van der Waals surface area contributed by atoms with Crippen molar-refractivity contribution < 1.29 is 19.5 Å². The molecule has 6 nitrogen and oxygen atoms in total. The summed E-state index contributed by atoms with van der Waals surface area (Å²) in [6, 6.07) is 0. The standard InChI is InChI=1S/C13H17NO5/c15-9-2-1-3-10(16)13(9)12-7-4-5-8(12)11(6-7)19-14(17)18/h7-8,11-13H,1-6H2/t7-,8+,11-,12+/m1/s1. The fourth-order valence-electron chi connectivity index (χ4n) is 4.43. The smallest absolute Gasteiger partial charge is 0.294 e. The van der Waals surface area contributed by atoms with Crippen molar-refractivity contribution in [3.8, 4) is 0 Å². The Morgan fingerprint density at radius 1 is 1.16 bits per heavy atom. The summed E-state index contributed by atoms with van der Waals surface area (Å²) in [5, 5.41) is 9.75. The van der Waals surface area contributed by atoms with Gasteiger partial charge in [-0.2, -0.15) is 0 Å². The molecule has 0 aromatic rings. The Morgan fingerprint density at radius 2 is 1.84 bits per heavy atom. The molecule has 0 aromatic heterocycles. The molecule has 3 fully saturated rings. The van der Waals surface area contributed by atoms with Gasteiger partial charge < -0.3 is 4.84 Å². The SMILES string of the molecule is O=C1CCCC(=O)C1[C@H]1[C@@H]2CC[C@H]1[C@H](O[N+](=O)[O-])C2. The predicted octanol–water partition coefficient (Wildman–Crippen LogP) is 1.55. The lowest BCUT2D eigenvalue weighted by atomic mass is 9.73. The molecule has 19 heavy (non-hydrogen) atoms. The number of hydrogen-bond acceptors (Lipinski definition) is 5. The van der Waals surface area contributed by atoms with Crippen LogP contribution in [0.1, 0.15) is 38.5 Å². The second kappa shape index (κ2) is 4.58. The van der Waals surface area contributed by atoms with Gasteiger partial charge in [-0.3, -0.25) is 9.59 Å². The van der Waals surface area contributed by atoms with E-state index < -0.39 is 17.1 Å². The normalized spacial score (nSPS) is 38.7. The summed E-state index contributed by atoms with van der Waals surface area (Å²) in [5.41, 5.74) is 0. The van der Waals surface area contributed by atoms with Crippen LogP contribution in [0.25, 0.3) is 0 Å². The minimum absolute atomic E-state index is 0.00593. The van der Waals surface area contributed by atoms with Crippen molar-refractivity contribution >= 4 is 11.6 Å². The van der Waals surface area contributed by atoms with Crippen LogP contribution in [0, 0.1) is 33.8 Å². The third-order valence-corrected chi connectivity index (χ3v) is 5.07. The third kappa shape index (κ3) is 2.03. The van der Waals surface area contributed by atoms with Crippen molar-refractivity contribution in [2.75, 3.05) is 0 Å². The Bertz CT molecular complexity index is 419. The zero-order chi connectivity index (χ0) is 13.6. The molecule has 4 atom stereocenters. The summed E-state index contributed by atoms with van der Waals surface area (Å²) >= 11 is 0. The van der Waals surface area contributed by atoms with E-state index in [1.54, 1.807) is 0 Å². The van der Waals surface area contributed by atoms with Crippen molar-refractivity contribution in [3.05, 3.63) is 10.1 Å². The minimum atomic E-state index is -0.743. The first-order valence-electron chi connectivity index (χ1n) is 6.94. The van der Waals surface area contributed by atoms with Gasteiger partial charge in [-0.05, 0) is 43.4 Å². The molecule has 6 heteroatoms. The van der Waals surface area contributed by atoms with E-state index in [0.717, 1.165) is 12.8 Å². The number of Topliss-reactive ketones (excluding diaryl/α,β-unsaturated/α-hetero) is 2. The molecule has 0 aromatic carbocycles. The zero-order valence-electron chi connectivity index (χ0n) is 10.6. The molecule has 0 spiro atoms. The van der Waals surface area contributed by atoms with Crippen LogP contribution in [0.5, 0.6) is 0 Å². The fourth-order valence-corrected chi connectivity index (χ4v) is 4.43. The highest BCUT2D eigenvalue weighted by Gasteiger charge is 2.55. The van der Waals surface area contributed by atoms with E-state index in [1.807, 2.05) is 0 Å². The number of nitrogens with zero attached hydrogens (tertiary/aromatic N) is 1. The van der Waals surface area contributed by atoms with Crippen LogP contribution in [-0.2, 0) is 14.4 Å². The highest BCUT2D eigenvalue weighted by atomic mass is 17.0. The summed E-state index contributed by atoms with van der Waals surface area (Å²) in [5.74, 6) is -0.186. The number of fused-ring (bicyclic) bond motifs is 2. The van der Waals surface area contributed by atoms with E-state index in [-0.39, 0.29) is 29.3 Å². The molecule has 0 amide bonds. The summed E-state index contributed by atoms with van der Waals surface area (Å²) in [4.78, 5) is 39.3. The molecule has 2 bridgehead atoms. The lowest BCUT2D eigenvalue weighted by Crippen LogP contribution is -2.38. The molecule has 3 saturated carbocycles. The number of rotatable bonds is 3. The van der Waals surface area contributed by atoms with Gasteiger partial charge in [-0.15, -0.1) is 10.1 Å². The summed E-state index contributed by atoms with van der Waals surface area (Å²) in [7, 11) is 0. The number of carbonyl (C=O) groups excluding carboxylic acids is 2. The summed E-state index contributed by atoms with van der Waals surface area (Å²) < 4.78 is 0. The van der Waals surface area contributed by atoms with Crippen LogP contribution in [0.2, 0.25) is 0 Å². The molecule has 0 N–H and O–H groups in total. The quantitative estimate of drug-likeness (QED) is 0.440. The van der Waals surface area contributed by atoms with Crippen LogP contribution in [-0.4, -0.2) is 22.8 Å². The predicted molar refractivity (Wildman–Crippen MR) is 63.5 cm³/mol. The van der Waals surface area contributed by atoms with Gasteiger partial charge in [0, 0.05) is 12.8 Å². The molecular weight excluding hydrogens is 250 g/mol. The monoisotopic (exact) mass is 267 g/mol. The second-order valence-corrected chi connectivity index (χ2v) is 5.95. The van der Waals surface area contributed by atoms with Crippen molar-refractivity contribution in [2.45, 2.75) is 44.6 Å². The van der Waals surface area contributed by atoms with Crippen LogP contribution >= 0.6 is 0 Å². The van der Waals surface area contributed by atoms with E-state index in [1.165, 1.54) is 0 Å². The average Bonchev–Trinajstić information content (AvgIpc) is 2.85. The Morgan fingerprint density at radius 3 is 2.47 bits per heavy atom. The van der Waals surface area contributed by atoms with Crippen molar-refractivity contribution in [2.24, 2.45) is 23.7 Å². The van der Waals surface area contributed by atoms with Crippen LogP contribution in [0.3, 0.4) is 0 Å². The molecule has 0 saturated heterocycles. The molecule has 0 heterocycles. The largest absolute Gasteiger partial charge is 0.310 e. The Labute approximate surface area is 110 Å². The Kier molecular flexibility index (Phi) is 3.03. The van der Waals surface area contributed by atoms with Gasteiger partial charge in [0.25, 0.3) is 5.09 Å². The summed E-state index contributed by atoms with van der Waals surface area (Å²) in [6.45, 7) is 0. The van der Waals surface area contributed by atoms with Crippen molar-refractivity contribution in [1.82, 2.24) is 0 Å². The molecule has 0 unspecified atom stereocenters. The lowest BCUT2D eigenvalue weighted by molar-refractivity contribution is -0.770. The zero-order valence-corrected chi connectivity index (χ0v) is 10.6. The first kappa shape index (κ1) is 12.6. The van der Waals surface area contributed by atoms with Gasteiger partial charge in [-0.25, -0.2) is 0 Å². The number of hydrogen-bond donors (Lipinski definition) is 0. The second-order valence-electron chi connectivity index (χ2n) is 5.95. The average molecular weight is 267 g/mol. The molecule has 3 rings (SSSR count). The van der Waals surface area contributed by atoms with Gasteiger partial charge in [0.15, 0.2) is 0 Å². The van der Waals surface area contributed by atoms with Gasteiger partial charge in [0.1, 0.15) is 17.7 Å². The lowest BCUT2D eigenvalue weighted by Gasteiger charge is -2.28. The van der Waals surface area contributed by atoms with Crippen LogP contribution in [0.4, 0.5) is 0 Å². The maximum absolute atomic E-state index is 12.0. The van der Waals surface area contributed by atoms with Gasteiger partial charge in [0.2, 0.25) is 0 Å². The van der Waals surface area contributed by atoms with E-state index in [4.69, 9.17) is 4.84 Å². The topological polar surface area (TPSA) is 86.5 Å². The first-order valence-corrected chi connectivity index (χ1v) is 6.94. The minimum Gasteiger partial charge on any atom is -0.310 e. The van der Waals surface area contributed by atoms with Gasteiger partial charge in [-0.1, -0.05) is 0 Å². The van der Waals surface area contributed by atoms with Gasteiger partial charge in [0.05, 0.1) is 5.92 Å². The fraction of sp³-hybridized carbons (Fsp3) is 0.846. The number of carbonyl (C=O) groups is 2. The van der Waals surface area contributed by atoms with E-state index in [0.29, 0.717) is 25.7 Å². The molecule has 0 aliphatic heterocycles. The third-order valence-electron chi connectivity index (χ3n) is 5.07. The van der Waals surface area contributed by atoms with E-state index in [9.17, 15) is 19.7 Å². The van der Waals surface area contributed by atoms with E-state index >= 15 is 0 Å². The van der Waals surface area contributed by atoms with Gasteiger partial charge >= 0.3 is 0 Å². The van der Waals surface area contributed by atoms with Crippen molar-refractivity contribution in [1.29, 1.82) is 0 Å². The maximum atomic E-state index is 12.0. The van der Waals surface area contributed by atoms with E-state index in [2.05, 4.69) is 0 Å². The molecule has 0 radical (unpaired) electrons. The molecule has 3 aliphatic carbocycles. The molecular formula is C13H17NO5. The van der Waals surface area contributed by atoms with Crippen LogP contribution < -0.4 is 0 Å². The highest BCUT2D eigenvalue weighted by Crippen LogP contribution is 2.54. The van der Waals surface area contributed by atoms with Crippen molar-refractivity contribution in [3.63, 3.8) is 0 Å².